The largest absolute Gasteiger partial charge is 0.506 e. The Morgan fingerprint density at radius 1 is 1.10 bits per heavy atom. The first-order valence-corrected chi connectivity index (χ1v) is 11.0. The number of aryl methyl sites for hydroxylation is 1. The summed E-state index contributed by atoms with van der Waals surface area (Å²) in [6.45, 7) is 1.87. The Balaban J connectivity index is 1.81. The van der Waals surface area contributed by atoms with Gasteiger partial charge in [-0.15, -0.1) is 0 Å². The number of hydrogen-bond acceptors (Lipinski definition) is 6. The zero-order valence-corrected chi connectivity index (χ0v) is 17.7. The summed E-state index contributed by atoms with van der Waals surface area (Å²) in [5.74, 6) is 0.00956. The lowest BCUT2D eigenvalue weighted by atomic mass is 10.0. The number of rotatable bonds is 3. The number of halogens is 1. The van der Waals surface area contributed by atoms with Crippen molar-refractivity contribution in [1.82, 2.24) is 18.9 Å². The van der Waals surface area contributed by atoms with Gasteiger partial charge in [0.05, 0.1) is 18.0 Å². The Morgan fingerprint density at radius 2 is 1.87 bits per heavy atom. The third kappa shape index (κ3) is 3.30. The quantitative estimate of drug-likeness (QED) is 0.404. The molecule has 0 amide bonds. The van der Waals surface area contributed by atoms with Gasteiger partial charge in [0.2, 0.25) is 5.28 Å². The smallest absolute Gasteiger partial charge is 0.269 e. The summed E-state index contributed by atoms with van der Waals surface area (Å²) >= 11 is 5.98. The molecule has 0 aliphatic heterocycles. The fraction of sp³-hybridized carbons (Fsp3) is 0.0455. The van der Waals surface area contributed by atoms with E-state index in [0.29, 0.717) is 22.0 Å². The third-order valence-corrected chi connectivity index (χ3v) is 6.79. The van der Waals surface area contributed by atoms with E-state index in [1.54, 1.807) is 36.4 Å². The summed E-state index contributed by atoms with van der Waals surface area (Å²) in [5.41, 5.74) is 2.66. The predicted octanol–water partition coefficient (Wildman–Crippen LogP) is 4.55. The molecule has 9 heteroatoms. The average Bonchev–Trinajstić information content (AvgIpc) is 3.14. The Hall–Kier alpha value is -3.49. The summed E-state index contributed by atoms with van der Waals surface area (Å²) in [6.07, 6.45) is 2.57. The number of nitrogens with zero attached hydrogens (tertiary/aromatic N) is 4. The molecule has 0 atom stereocenters. The molecule has 0 aliphatic carbocycles. The molecule has 0 radical (unpaired) electrons. The molecule has 2 aromatic carbocycles. The van der Waals surface area contributed by atoms with Crippen molar-refractivity contribution in [3.8, 4) is 16.9 Å². The molecule has 0 spiro atoms. The van der Waals surface area contributed by atoms with Crippen molar-refractivity contribution in [2.45, 2.75) is 11.8 Å². The summed E-state index contributed by atoms with van der Waals surface area (Å²) in [6, 6.07) is 13.3. The molecule has 5 rings (SSSR count). The Labute approximate surface area is 184 Å². The van der Waals surface area contributed by atoms with Gasteiger partial charge >= 0.3 is 0 Å². The monoisotopic (exact) mass is 451 g/mol. The molecule has 154 valence electrons. The van der Waals surface area contributed by atoms with Crippen molar-refractivity contribution in [3.63, 3.8) is 0 Å². The molecule has 7 nitrogen and oxygen atoms in total. The molecule has 5 aromatic rings. The maximum absolute atomic E-state index is 13.4. The summed E-state index contributed by atoms with van der Waals surface area (Å²) < 4.78 is 36.3. The van der Waals surface area contributed by atoms with E-state index in [0.717, 1.165) is 9.54 Å². The van der Waals surface area contributed by atoms with Gasteiger partial charge in [-0.25, -0.2) is 17.4 Å². The van der Waals surface area contributed by atoms with Gasteiger partial charge in [-0.05, 0) is 54.4 Å². The highest BCUT2D eigenvalue weighted by Gasteiger charge is 2.23. The van der Waals surface area contributed by atoms with Gasteiger partial charge in [-0.2, -0.15) is 4.98 Å². The van der Waals surface area contributed by atoms with E-state index in [1.807, 2.05) is 6.92 Å². The third-order valence-electron chi connectivity index (χ3n) is 4.96. The van der Waals surface area contributed by atoms with Crippen LogP contribution in [0.15, 0.2) is 72.0 Å². The van der Waals surface area contributed by atoms with E-state index in [4.69, 9.17) is 13.0 Å². The van der Waals surface area contributed by atoms with E-state index in [9.17, 15) is 13.5 Å². The molecule has 31 heavy (non-hydrogen) atoms. The van der Waals surface area contributed by atoms with Crippen LogP contribution in [0.2, 0.25) is 5.28 Å². The SMILES string of the molecule is [2H]c1nc(Cl)nc2c1c(-c1ccc3ncc(O)cc3c1)cn2S(=O)(=O)c1ccc(C)cc1. The highest BCUT2D eigenvalue weighted by Crippen LogP contribution is 2.34. The second-order valence-electron chi connectivity index (χ2n) is 7.06. The van der Waals surface area contributed by atoms with Crippen LogP contribution in [0.1, 0.15) is 6.93 Å². The van der Waals surface area contributed by atoms with Gasteiger partial charge in [0.25, 0.3) is 10.0 Å². The first-order valence-electron chi connectivity index (χ1n) is 9.70. The zero-order chi connectivity index (χ0) is 22.6. The van der Waals surface area contributed by atoms with Crippen LogP contribution in [-0.2, 0) is 10.0 Å². The number of pyridine rings is 1. The summed E-state index contributed by atoms with van der Waals surface area (Å²) in [5, 5.41) is 10.5. The maximum atomic E-state index is 13.4. The van der Waals surface area contributed by atoms with Crippen LogP contribution in [-0.4, -0.2) is 32.4 Å². The fourth-order valence-corrected chi connectivity index (χ4v) is 4.85. The molecule has 0 aliphatic rings. The molecule has 0 unspecified atom stereocenters. The van der Waals surface area contributed by atoms with E-state index in [1.165, 1.54) is 24.5 Å². The first-order chi connectivity index (χ1) is 15.2. The van der Waals surface area contributed by atoms with Crippen LogP contribution in [0.5, 0.6) is 5.75 Å². The van der Waals surface area contributed by atoms with Crippen LogP contribution in [0, 0.1) is 6.92 Å². The number of aromatic hydroxyl groups is 1. The maximum Gasteiger partial charge on any atom is 0.269 e. The normalized spacial score (nSPS) is 12.4. The standard InChI is InChI=1S/C22H15ClN4O3S/c1-13-2-5-17(6-3-13)31(29,30)27-12-19(18-11-25-22(23)26-21(18)27)14-4-7-20-15(8-14)9-16(28)10-24-20/h2-12,28H,1H3/i11D. The van der Waals surface area contributed by atoms with E-state index < -0.39 is 10.0 Å². The summed E-state index contributed by atoms with van der Waals surface area (Å²) in [4.78, 5) is 12.3. The first kappa shape index (κ1) is 18.3. The highest BCUT2D eigenvalue weighted by atomic mass is 35.5. The van der Waals surface area contributed by atoms with Gasteiger partial charge in [0, 0.05) is 28.7 Å². The van der Waals surface area contributed by atoms with Gasteiger partial charge in [-0.3, -0.25) is 4.98 Å². The zero-order valence-electron chi connectivity index (χ0n) is 17.1. The second-order valence-corrected chi connectivity index (χ2v) is 9.21. The van der Waals surface area contributed by atoms with Crippen LogP contribution in [0.25, 0.3) is 33.1 Å². The molecule has 0 fully saturated rings. The number of fused-ring (bicyclic) bond motifs is 2. The van der Waals surface area contributed by atoms with Crippen LogP contribution >= 0.6 is 11.6 Å². The minimum absolute atomic E-state index is 0.00956. The van der Waals surface area contributed by atoms with Crippen molar-refractivity contribution in [1.29, 1.82) is 0 Å². The van der Waals surface area contributed by atoms with Gasteiger partial charge in [0.15, 0.2) is 5.65 Å². The topological polar surface area (TPSA) is 98.0 Å². The van der Waals surface area contributed by atoms with Crippen molar-refractivity contribution < 1.29 is 14.9 Å². The number of aromatic nitrogens is 4. The summed E-state index contributed by atoms with van der Waals surface area (Å²) in [7, 11) is -4.02. The minimum atomic E-state index is -4.02. The van der Waals surface area contributed by atoms with Crippen molar-refractivity contribution in [3.05, 3.63) is 77.9 Å². The van der Waals surface area contributed by atoms with Crippen molar-refractivity contribution in [2.75, 3.05) is 0 Å². The molecule has 0 bridgehead atoms. The molecule has 1 N–H and O–H groups in total. The van der Waals surface area contributed by atoms with Gasteiger partial charge in [-0.1, -0.05) is 23.8 Å². The van der Waals surface area contributed by atoms with Crippen LogP contribution in [0.4, 0.5) is 0 Å². The Morgan fingerprint density at radius 3 is 2.65 bits per heavy atom. The molecular weight excluding hydrogens is 436 g/mol. The lowest BCUT2D eigenvalue weighted by Gasteiger charge is -2.07. The molecule has 0 saturated heterocycles. The lowest BCUT2D eigenvalue weighted by molar-refractivity contribution is 0.474. The number of benzene rings is 2. The molecule has 0 saturated carbocycles. The predicted molar refractivity (Wildman–Crippen MR) is 119 cm³/mol. The van der Waals surface area contributed by atoms with Gasteiger partial charge < -0.3 is 5.11 Å². The van der Waals surface area contributed by atoms with Crippen LogP contribution in [0.3, 0.4) is 0 Å². The van der Waals surface area contributed by atoms with Gasteiger partial charge in [0.1, 0.15) is 5.75 Å². The lowest BCUT2D eigenvalue weighted by Crippen LogP contribution is -2.12. The van der Waals surface area contributed by atoms with Crippen LogP contribution < -0.4 is 0 Å². The molecule has 3 heterocycles. The Kier molecular flexibility index (Phi) is 4.15. The molecule has 3 aromatic heterocycles. The highest BCUT2D eigenvalue weighted by molar-refractivity contribution is 7.90. The van der Waals surface area contributed by atoms with E-state index in [-0.39, 0.29) is 33.1 Å². The van der Waals surface area contributed by atoms with E-state index in [2.05, 4.69) is 15.0 Å². The number of hydrogen-bond donors (Lipinski definition) is 1. The minimum Gasteiger partial charge on any atom is -0.506 e. The Bertz CT molecular complexity index is 1630. The van der Waals surface area contributed by atoms with Crippen molar-refractivity contribution >= 4 is 43.6 Å². The molecular formula is C22H15ClN4O3S. The van der Waals surface area contributed by atoms with E-state index >= 15 is 0 Å². The van der Waals surface area contributed by atoms with Crippen molar-refractivity contribution in [2.24, 2.45) is 0 Å². The second kappa shape index (κ2) is 7.04. The average molecular weight is 452 g/mol. The fourth-order valence-electron chi connectivity index (χ4n) is 3.42.